The van der Waals surface area contributed by atoms with Crippen molar-refractivity contribution < 1.29 is 9.53 Å². The number of hydrogen-bond acceptors (Lipinski definition) is 5. The van der Waals surface area contributed by atoms with Crippen LogP contribution in [0, 0.1) is 5.41 Å². The Morgan fingerprint density at radius 1 is 1.11 bits per heavy atom. The molecule has 0 fully saturated rings. The summed E-state index contributed by atoms with van der Waals surface area (Å²) in [5.41, 5.74) is 3.51. The van der Waals surface area contributed by atoms with Crippen molar-refractivity contribution in [1.82, 2.24) is 9.58 Å². The predicted molar refractivity (Wildman–Crippen MR) is 148 cm³/mol. The first-order valence-electron chi connectivity index (χ1n) is 12.0. The van der Waals surface area contributed by atoms with Crippen LogP contribution in [0.3, 0.4) is 0 Å². The lowest BCUT2D eigenvalue weighted by molar-refractivity contribution is -0.114. The van der Waals surface area contributed by atoms with E-state index in [9.17, 15) is 4.79 Å². The number of rotatable bonds is 6. The van der Waals surface area contributed by atoms with E-state index < -0.39 is 5.91 Å². The fraction of sp³-hybridized carbons (Fsp3) is 0.286. The van der Waals surface area contributed by atoms with Crippen molar-refractivity contribution in [3.8, 4) is 5.75 Å². The Labute approximate surface area is 215 Å². The largest absolute Gasteiger partial charge is 0.492 e. The highest BCUT2D eigenvalue weighted by Crippen LogP contribution is 2.31. The molecule has 3 heterocycles. The first-order valence-corrected chi connectivity index (χ1v) is 12.9. The van der Waals surface area contributed by atoms with Crippen LogP contribution in [-0.2, 0) is 16.8 Å². The van der Waals surface area contributed by atoms with Gasteiger partial charge in [0.2, 0.25) is 5.17 Å². The molecule has 0 atom stereocenters. The topological polar surface area (TPSA) is 83.0 Å². The number of benzene rings is 2. The number of amidine groups is 2. The zero-order chi connectivity index (χ0) is 25.4. The van der Waals surface area contributed by atoms with Crippen LogP contribution in [0.25, 0.3) is 17.0 Å². The zero-order valence-electron chi connectivity index (χ0n) is 20.9. The Morgan fingerprint density at radius 3 is 2.58 bits per heavy atom. The number of thioether (sulfide) groups is 1. The van der Waals surface area contributed by atoms with E-state index in [0.717, 1.165) is 33.7 Å². The molecular formula is C28H29N5O2S. The van der Waals surface area contributed by atoms with Gasteiger partial charge in [-0.05, 0) is 53.4 Å². The summed E-state index contributed by atoms with van der Waals surface area (Å²) in [6.07, 6.45) is 4.49. The molecule has 1 aromatic heterocycles. The number of aromatic nitrogens is 1. The van der Waals surface area contributed by atoms with Crippen LogP contribution in [0.15, 0.2) is 70.4 Å². The van der Waals surface area contributed by atoms with Crippen molar-refractivity contribution in [3.05, 3.63) is 71.4 Å². The number of hydrazone groups is 1. The van der Waals surface area contributed by atoms with Crippen molar-refractivity contribution in [2.75, 3.05) is 6.61 Å². The third-order valence-electron chi connectivity index (χ3n) is 6.24. The Balaban J connectivity index is 1.37. The average molecular weight is 500 g/mol. The number of ether oxygens (including phenoxy) is 1. The maximum Gasteiger partial charge on any atom is 0.283 e. The van der Waals surface area contributed by atoms with Crippen LogP contribution in [0.2, 0.25) is 0 Å². The Morgan fingerprint density at radius 2 is 1.86 bits per heavy atom. The molecule has 1 amide bonds. The monoisotopic (exact) mass is 499 g/mol. The van der Waals surface area contributed by atoms with Gasteiger partial charge in [0.1, 0.15) is 17.4 Å². The molecular weight excluding hydrogens is 470 g/mol. The summed E-state index contributed by atoms with van der Waals surface area (Å²) in [5, 5.41) is 16.8. The van der Waals surface area contributed by atoms with Crippen molar-refractivity contribution in [2.24, 2.45) is 10.1 Å². The summed E-state index contributed by atoms with van der Waals surface area (Å²) in [7, 11) is 0. The Bertz CT molecular complexity index is 1440. The fourth-order valence-corrected chi connectivity index (χ4v) is 5.04. The van der Waals surface area contributed by atoms with Gasteiger partial charge in [-0.2, -0.15) is 15.1 Å². The molecule has 5 rings (SSSR count). The van der Waals surface area contributed by atoms with Crippen LogP contribution in [-0.4, -0.2) is 38.1 Å². The standard InChI is InChI=1S/C28H29N5O2S/c1-5-24-31-33-25(29)22(26(34)30-27(33)36-24)16-18-17-32(23-9-7-6-8-21(18)23)14-15-35-20-12-10-19(11-13-20)28(2,3)4/h6-13,16-17,29H,5,14-15H2,1-4H3/b22-16-,29-25?. The zero-order valence-corrected chi connectivity index (χ0v) is 21.7. The number of nitrogens with one attached hydrogen (secondary N) is 1. The van der Waals surface area contributed by atoms with Gasteiger partial charge in [0.05, 0.1) is 12.1 Å². The van der Waals surface area contributed by atoms with Crippen LogP contribution >= 0.6 is 11.8 Å². The highest BCUT2D eigenvalue weighted by atomic mass is 32.2. The maximum atomic E-state index is 12.8. The number of nitrogens with zero attached hydrogens (tertiary/aromatic N) is 4. The van der Waals surface area contributed by atoms with Gasteiger partial charge < -0.3 is 9.30 Å². The van der Waals surface area contributed by atoms with Crippen LogP contribution < -0.4 is 4.74 Å². The number of amides is 1. The van der Waals surface area contributed by atoms with Gasteiger partial charge >= 0.3 is 0 Å². The lowest BCUT2D eigenvalue weighted by atomic mass is 9.87. The molecule has 0 radical (unpaired) electrons. The summed E-state index contributed by atoms with van der Waals surface area (Å²) in [6, 6.07) is 16.3. The quantitative estimate of drug-likeness (QED) is 0.419. The summed E-state index contributed by atoms with van der Waals surface area (Å²) in [5.74, 6) is 0.484. The molecule has 1 N–H and O–H groups in total. The average Bonchev–Trinajstić information content (AvgIpc) is 3.43. The number of fused-ring (bicyclic) bond motifs is 2. The highest BCUT2D eigenvalue weighted by molar-refractivity contribution is 8.26. The first-order chi connectivity index (χ1) is 17.2. The minimum Gasteiger partial charge on any atom is -0.492 e. The molecule has 2 aromatic carbocycles. The SMILES string of the molecule is CCC1=NN2C(=N)/C(=C/c3cn(CCOc4ccc(C(C)(C)C)cc4)c4ccccc34)C(=O)N=C2S1. The third kappa shape index (κ3) is 4.60. The minimum absolute atomic E-state index is 0.0554. The smallest absolute Gasteiger partial charge is 0.283 e. The summed E-state index contributed by atoms with van der Waals surface area (Å²) in [4.78, 5) is 17.0. The van der Waals surface area contributed by atoms with Crippen molar-refractivity contribution in [2.45, 2.75) is 46.1 Å². The molecule has 2 aliphatic rings. The van der Waals surface area contributed by atoms with E-state index in [1.165, 1.54) is 22.3 Å². The fourth-order valence-electron chi connectivity index (χ4n) is 4.22. The lowest BCUT2D eigenvalue weighted by Gasteiger charge is -2.20. The number of hydrogen-bond donors (Lipinski definition) is 1. The molecule has 36 heavy (non-hydrogen) atoms. The predicted octanol–water partition coefficient (Wildman–Crippen LogP) is 6.05. The van der Waals surface area contributed by atoms with E-state index in [-0.39, 0.29) is 16.8 Å². The van der Waals surface area contributed by atoms with E-state index in [1.807, 2.05) is 43.5 Å². The van der Waals surface area contributed by atoms with E-state index in [0.29, 0.717) is 18.3 Å². The molecule has 0 saturated carbocycles. The minimum atomic E-state index is -0.412. The van der Waals surface area contributed by atoms with Crippen molar-refractivity contribution >= 4 is 50.7 Å². The molecule has 2 aliphatic heterocycles. The normalized spacial score (nSPS) is 17.0. The van der Waals surface area contributed by atoms with Gasteiger partial charge in [-0.1, -0.05) is 58.0 Å². The number of aliphatic imine (C=N–C) groups is 1. The van der Waals surface area contributed by atoms with Gasteiger partial charge in [-0.15, -0.1) is 0 Å². The molecule has 0 bridgehead atoms. The Hall–Kier alpha value is -3.65. The molecule has 7 nitrogen and oxygen atoms in total. The molecule has 0 saturated heterocycles. The highest BCUT2D eigenvalue weighted by Gasteiger charge is 2.35. The van der Waals surface area contributed by atoms with E-state index in [1.54, 1.807) is 6.08 Å². The van der Waals surface area contributed by atoms with Gasteiger partial charge in [-0.25, -0.2) is 0 Å². The second kappa shape index (κ2) is 9.43. The van der Waals surface area contributed by atoms with Crippen LogP contribution in [0.5, 0.6) is 5.75 Å². The lowest BCUT2D eigenvalue weighted by Crippen LogP contribution is -2.35. The second-order valence-electron chi connectivity index (χ2n) is 9.79. The molecule has 3 aromatic rings. The van der Waals surface area contributed by atoms with Gasteiger partial charge in [0, 0.05) is 22.7 Å². The molecule has 0 unspecified atom stereocenters. The summed E-state index contributed by atoms with van der Waals surface area (Å²) < 4.78 is 8.14. The Kier molecular flexibility index (Phi) is 6.30. The van der Waals surface area contributed by atoms with Gasteiger partial charge in [0.25, 0.3) is 5.91 Å². The number of para-hydroxylation sites is 1. The molecule has 0 spiro atoms. The summed E-state index contributed by atoms with van der Waals surface area (Å²) >= 11 is 1.35. The number of carbonyl (C=O) groups excluding carboxylic acids is 1. The second-order valence-corrected chi connectivity index (χ2v) is 10.8. The number of carbonyl (C=O) groups is 1. The molecule has 8 heteroatoms. The maximum absolute atomic E-state index is 12.8. The first kappa shape index (κ1) is 24.1. The van der Waals surface area contributed by atoms with Crippen LogP contribution in [0.1, 0.15) is 45.2 Å². The third-order valence-corrected chi connectivity index (χ3v) is 7.29. The van der Waals surface area contributed by atoms with E-state index in [2.05, 4.69) is 53.6 Å². The van der Waals surface area contributed by atoms with Gasteiger partial charge in [-0.3, -0.25) is 10.2 Å². The molecule has 184 valence electrons. The van der Waals surface area contributed by atoms with Crippen LogP contribution in [0.4, 0.5) is 0 Å². The summed E-state index contributed by atoms with van der Waals surface area (Å²) in [6.45, 7) is 9.73. The van der Waals surface area contributed by atoms with Crippen molar-refractivity contribution in [3.63, 3.8) is 0 Å². The van der Waals surface area contributed by atoms with Crippen molar-refractivity contribution in [1.29, 1.82) is 5.41 Å². The van der Waals surface area contributed by atoms with E-state index in [4.69, 9.17) is 10.1 Å². The molecule has 0 aliphatic carbocycles. The van der Waals surface area contributed by atoms with E-state index >= 15 is 0 Å². The van der Waals surface area contributed by atoms with Gasteiger partial charge in [0.15, 0.2) is 5.84 Å².